The van der Waals surface area contributed by atoms with Gasteiger partial charge in [-0.3, -0.25) is 19.3 Å². The SMILES string of the molecule is COc1cccc(CNC(=O)[C@@H](C)N2C(=O)[C@H]3CCCC[C@@H]3C2=O)c1. The van der Waals surface area contributed by atoms with Crippen LogP contribution >= 0.6 is 0 Å². The van der Waals surface area contributed by atoms with Crippen LogP contribution in [0.3, 0.4) is 0 Å². The lowest BCUT2D eigenvalue weighted by Crippen LogP contribution is -2.48. The number of nitrogens with zero attached hydrogens (tertiary/aromatic N) is 1. The molecule has 0 spiro atoms. The highest BCUT2D eigenvalue weighted by molar-refractivity contribution is 6.08. The quantitative estimate of drug-likeness (QED) is 0.828. The van der Waals surface area contributed by atoms with Crippen molar-refractivity contribution in [1.82, 2.24) is 10.2 Å². The molecule has 2 fully saturated rings. The predicted octanol–water partition coefficient (Wildman–Crippen LogP) is 1.88. The van der Waals surface area contributed by atoms with Gasteiger partial charge in [0.2, 0.25) is 17.7 Å². The second kappa shape index (κ2) is 7.25. The summed E-state index contributed by atoms with van der Waals surface area (Å²) in [7, 11) is 1.59. The van der Waals surface area contributed by atoms with Gasteiger partial charge in [-0.05, 0) is 37.5 Å². The third-order valence-electron chi connectivity index (χ3n) is 5.24. The normalized spacial score (nSPS) is 24.0. The van der Waals surface area contributed by atoms with Crippen molar-refractivity contribution < 1.29 is 19.1 Å². The monoisotopic (exact) mass is 344 g/mol. The van der Waals surface area contributed by atoms with Crippen LogP contribution in [0.25, 0.3) is 0 Å². The molecule has 2 aliphatic rings. The summed E-state index contributed by atoms with van der Waals surface area (Å²) in [6.45, 7) is 1.94. The lowest BCUT2D eigenvalue weighted by atomic mass is 9.81. The van der Waals surface area contributed by atoms with Crippen LogP contribution in [0.1, 0.15) is 38.2 Å². The van der Waals surface area contributed by atoms with Gasteiger partial charge < -0.3 is 10.1 Å². The van der Waals surface area contributed by atoms with Gasteiger partial charge in [-0.1, -0.05) is 25.0 Å². The molecule has 0 aromatic heterocycles. The fourth-order valence-electron chi connectivity index (χ4n) is 3.81. The van der Waals surface area contributed by atoms with E-state index in [1.165, 1.54) is 4.90 Å². The van der Waals surface area contributed by atoms with Crippen molar-refractivity contribution in [3.63, 3.8) is 0 Å². The van der Waals surface area contributed by atoms with Crippen molar-refractivity contribution in [1.29, 1.82) is 0 Å². The van der Waals surface area contributed by atoms with E-state index >= 15 is 0 Å². The molecule has 6 heteroatoms. The highest BCUT2D eigenvalue weighted by Crippen LogP contribution is 2.38. The number of ether oxygens (including phenoxy) is 1. The van der Waals surface area contributed by atoms with Gasteiger partial charge in [0.15, 0.2) is 0 Å². The minimum Gasteiger partial charge on any atom is -0.497 e. The highest BCUT2D eigenvalue weighted by Gasteiger charge is 2.50. The van der Waals surface area contributed by atoms with Gasteiger partial charge in [0, 0.05) is 6.54 Å². The first-order valence-electron chi connectivity index (χ1n) is 8.80. The molecule has 0 radical (unpaired) electrons. The van der Waals surface area contributed by atoms with Gasteiger partial charge in [0.1, 0.15) is 11.8 Å². The molecule has 0 bridgehead atoms. The van der Waals surface area contributed by atoms with Crippen molar-refractivity contribution in [3.05, 3.63) is 29.8 Å². The van der Waals surface area contributed by atoms with E-state index in [1.54, 1.807) is 14.0 Å². The topological polar surface area (TPSA) is 75.7 Å². The average molecular weight is 344 g/mol. The molecule has 1 aromatic rings. The van der Waals surface area contributed by atoms with E-state index in [4.69, 9.17) is 4.74 Å². The second-order valence-corrected chi connectivity index (χ2v) is 6.79. The van der Waals surface area contributed by atoms with Crippen molar-refractivity contribution >= 4 is 17.7 Å². The maximum absolute atomic E-state index is 12.6. The minimum absolute atomic E-state index is 0.182. The van der Waals surface area contributed by atoms with Crippen LogP contribution in [-0.4, -0.2) is 35.8 Å². The van der Waals surface area contributed by atoms with Crippen LogP contribution in [0, 0.1) is 11.8 Å². The summed E-state index contributed by atoms with van der Waals surface area (Å²) >= 11 is 0. The van der Waals surface area contributed by atoms with Crippen LogP contribution in [0.4, 0.5) is 0 Å². The molecule has 1 saturated heterocycles. The van der Waals surface area contributed by atoms with Crippen LogP contribution in [0.5, 0.6) is 5.75 Å². The maximum atomic E-state index is 12.6. The summed E-state index contributed by atoms with van der Waals surface area (Å²) in [4.78, 5) is 38.8. The molecule has 1 heterocycles. The number of amides is 3. The van der Waals surface area contributed by atoms with E-state index in [0.717, 1.165) is 31.2 Å². The molecule has 0 unspecified atom stereocenters. The van der Waals surface area contributed by atoms with Crippen molar-refractivity contribution in [2.45, 2.75) is 45.2 Å². The number of fused-ring (bicyclic) bond motifs is 1. The molecule has 1 aromatic carbocycles. The van der Waals surface area contributed by atoms with E-state index in [9.17, 15) is 14.4 Å². The summed E-state index contributed by atoms with van der Waals surface area (Å²) in [5, 5.41) is 2.81. The van der Waals surface area contributed by atoms with E-state index in [-0.39, 0.29) is 29.6 Å². The number of imide groups is 1. The average Bonchev–Trinajstić information content (AvgIpc) is 2.90. The van der Waals surface area contributed by atoms with Gasteiger partial charge in [-0.25, -0.2) is 0 Å². The summed E-state index contributed by atoms with van der Waals surface area (Å²) in [6.07, 6.45) is 3.46. The third kappa shape index (κ3) is 3.38. The summed E-state index contributed by atoms with van der Waals surface area (Å²) in [5.41, 5.74) is 0.896. The maximum Gasteiger partial charge on any atom is 0.243 e. The Morgan fingerprint density at radius 2 is 1.88 bits per heavy atom. The Kier molecular flexibility index (Phi) is 5.06. The molecule has 1 saturated carbocycles. The standard InChI is InChI=1S/C19H24N2O4/c1-12(17(22)20-11-13-6-5-7-14(10-13)25-2)21-18(23)15-8-3-4-9-16(15)19(21)24/h5-7,10,12,15-16H,3-4,8-9,11H2,1-2H3,(H,20,22)/t12-,15+,16+/m1/s1. The van der Waals surface area contributed by atoms with Crippen LogP contribution in [0.2, 0.25) is 0 Å². The summed E-state index contributed by atoms with van der Waals surface area (Å²) in [5.74, 6) is -0.417. The Balaban J connectivity index is 1.63. The first-order chi connectivity index (χ1) is 12.0. The smallest absolute Gasteiger partial charge is 0.243 e. The Hall–Kier alpha value is -2.37. The molecule has 134 valence electrons. The van der Waals surface area contributed by atoms with E-state index in [1.807, 2.05) is 24.3 Å². The molecule has 1 N–H and O–H groups in total. The third-order valence-corrected chi connectivity index (χ3v) is 5.24. The Bertz CT molecular complexity index is 664. The predicted molar refractivity (Wildman–Crippen MR) is 91.6 cm³/mol. The van der Waals surface area contributed by atoms with Gasteiger partial charge in [-0.2, -0.15) is 0 Å². The minimum atomic E-state index is -0.781. The number of nitrogens with one attached hydrogen (secondary N) is 1. The Labute approximate surface area is 147 Å². The first-order valence-corrected chi connectivity index (χ1v) is 8.80. The molecule has 25 heavy (non-hydrogen) atoms. The fourth-order valence-corrected chi connectivity index (χ4v) is 3.81. The van der Waals surface area contributed by atoms with Gasteiger partial charge in [0.25, 0.3) is 0 Å². The lowest BCUT2D eigenvalue weighted by Gasteiger charge is -2.22. The largest absolute Gasteiger partial charge is 0.497 e. The number of methoxy groups -OCH3 is 1. The number of likely N-dealkylation sites (tertiary alicyclic amines) is 1. The van der Waals surface area contributed by atoms with Crippen LogP contribution in [-0.2, 0) is 20.9 Å². The molecular weight excluding hydrogens is 320 g/mol. The Morgan fingerprint density at radius 3 is 2.48 bits per heavy atom. The van der Waals surface area contributed by atoms with Crippen LogP contribution in [0.15, 0.2) is 24.3 Å². The summed E-state index contributed by atoms with van der Waals surface area (Å²) in [6, 6.07) is 6.62. The molecule has 1 aliphatic heterocycles. The summed E-state index contributed by atoms with van der Waals surface area (Å²) < 4.78 is 5.16. The number of carbonyl (C=O) groups is 3. The van der Waals surface area contributed by atoms with Crippen LogP contribution < -0.4 is 10.1 Å². The lowest BCUT2D eigenvalue weighted by molar-refractivity contribution is -0.147. The zero-order chi connectivity index (χ0) is 18.0. The molecular formula is C19H24N2O4. The molecule has 6 nitrogen and oxygen atoms in total. The fraction of sp³-hybridized carbons (Fsp3) is 0.526. The molecule has 3 atom stereocenters. The number of benzene rings is 1. The Morgan fingerprint density at radius 1 is 1.24 bits per heavy atom. The van der Waals surface area contributed by atoms with E-state index in [2.05, 4.69) is 5.32 Å². The van der Waals surface area contributed by atoms with Gasteiger partial charge >= 0.3 is 0 Å². The van der Waals surface area contributed by atoms with Crippen molar-refractivity contribution in [2.24, 2.45) is 11.8 Å². The number of carbonyl (C=O) groups excluding carboxylic acids is 3. The van der Waals surface area contributed by atoms with Gasteiger partial charge in [0.05, 0.1) is 18.9 Å². The number of hydrogen-bond acceptors (Lipinski definition) is 4. The second-order valence-electron chi connectivity index (χ2n) is 6.79. The van der Waals surface area contributed by atoms with Crippen molar-refractivity contribution in [3.8, 4) is 5.75 Å². The molecule has 3 amide bonds. The first kappa shape index (κ1) is 17.5. The van der Waals surface area contributed by atoms with Gasteiger partial charge in [-0.15, -0.1) is 0 Å². The highest BCUT2D eigenvalue weighted by atomic mass is 16.5. The number of rotatable bonds is 5. The zero-order valence-corrected chi connectivity index (χ0v) is 14.7. The molecule has 1 aliphatic carbocycles. The molecule has 3 rings (SSSR count). The van der Waals surface area contributed by atoms with E-state index < -0.39 is 6.04 Å². The van der Waals surface area contributed by atoms with Crippen molar-refractivity contribution in [2.75, 3.05) is 7.11 Å². The van der Waals surface area contributed by atoms with E-state index in [0.29, 0.717) is 12.3 Å². The number of hydrogen-bond donors (Lipinski definition) is 1. The zero-order valence-electron chi connectivity index (χ0n) is 14.7.